The lowest BCUT2D eigenvalue weighted by Gasteiger charge is -2.36. The van der Waals surface area contributed by atoms with Crippen LogP contribution >= 0.6 is 0 Å². The molecular formula is C14H17F3O4S. The smallest absolute Gasteiger partial charge is 0.387 e. The fourth-order valence-electron chi connectivity index (χ4n) is 2.46. The lowest BCUT2D eigenvalue weighted by molar-refractivity contribution is -0.137. The van der Waals surface area contributed by atoms with E-state index in [4.69, 9.17) is 4.18 Å². The van der Waals surface area contributed by atoms with Gasteiger partial charge in [0.25, 0.3) is 10.1 Å². The van der Waals surface area contributed by atoms with E-state index in [1.54, 1.807) is 0 Å². The van der Waals surface area contributed by atoms with Crippen LogP contribution in [0.5, 0.6) is 0 Å². The van der Waals surface area contributed by atoms with Crippen LogP contribution in [0, 0.1) is 0 Å². The van der Waals surface area contributed by atoms with E-state index in [9.17, 15) is 26.7 Å². The number of hydrogen-bond donors (Lipinski definition) is 1. The Morgan fingerprint density at radius 2 is 1.82 bits per heavy atom. The number of alkyl halides is 3. The van der Waals surface area contributed by atoms with Crippen LogP contribution in [0.4, 0.5) is 13.2 Å². The van der Waals surface area contributed by atoms with E-state index < -0.39 is 33.6 Å². The fourth-order valence-corrected chi connectivity index (χ4v) is 3.65. The first-order valence-electron chi connectivity index (χ1n) is 6.85. The van der Waals surface area contributed by atoms with Crippen molar-refractivity contribution in [1.29, 1.82) is 0 Å². The molecule has 1 saturated carbocycles. The van der Waals surface area contributed by atoms with Crippen LogP contribution < -0.4 is 0 Å². The molecule has 4 nitrogen and oxygen atoms in total. The summed E-state index contributed by atoms with van der Waals surface area (Å²) in [5.74, 6) is 0. The molecule has 1 aliphatic carbocycles. The van der Waals surface area contributed by atoms with Gasteiger partial charge in [0.05, 0.1) is 16.1 Å². The third-order valence-corrected chi connectivity index (χ3v) is 5.14. The largest absolute Gasteiger partial charge is 0.416 e. The second-order valence-electron chi connectivity index (χ2n) is 5.66. The summed E-state index contributed by atoms with van der Waals surface area (Å²) >= 11 is 0. The van der Waals surface area contributed by atoms with Gasteiger partial charge in [-0.15, -0.1) is 0 Å². The maximum Gasteiger partial charge on any atom is 0.416 e. The highest BCUT2D eigenvalue weighted by Crippen LogP contribution is 2.33. The topological polar surface area (TPSA) is 63.6 Å². The average Bonchev–Trinajstić information content (AvgIpc) is 2.40. The number of halogens is 3. The van der Waals surface area contributed by atoms with Crippen molar-refractivity contribution in [2.24, 2.45) is 0 Å². The average molecular weight is 338 g/mol. The molecule has 2 atom stereocenters. The van der Waals surface area contributed by atoms with Crippen LogP contribution in [-0.2, 0) is 20.5 Å². The maximum absolute atomic E-state index is 12.5. The Morgan fingerprint density at radius 3 is 2.32 bits per heavy atom. The molecule has 0 amide bonds. The van der Waals surface area contributed by atoms with Gasteiger partial charge in [-0.1, -0.05) is 12.8 Å². The second kappa shape index (κ2) is 5.82. The second-order valence-corrected chi connectivity index (χ2v) is 7.24. The molecule has 1 fully saturated rings. The normalized spacial score (nSPS) is 26.9. The molecule has 1 N–H and O–H groups in total. The van der Waals surface area contributed by atoms with Gasteiger partial charge in [0.1, 0.15) is 6.10 Å². The zero-order valence-corrected chi connectivity index (χ0v) is 12.7. The van der Waals surface area contributed by atoms with E-state index in [2.05, 4.69) is 0 Å². The van der Waals surface area contributed by atoms with Crippen molar-refractivity contribution in [1.82, 2.24) is 0 Å². The number of hydrogen-bond acceptors (Lipinski definition) is 4. The predicted molar refractivity (Wildman–Crippen MR) is 72.6 cm³/mol. The van der Waals surface area contributed by atoms with Gasteiger partial charge in [0, 0.05) is 0 Å². The standard InChI is InChI=1S/C14H17F3O4S/c1-13(18)9-3-2-4-12(13)21-22(19,20)11-7-5-10(6-8-11)14(15,16)17/h5-8,12,18H,2-4,9H2,1H3/t12-,13+/m0/s1. The minimum atomic E-state index is -4.53. The van der Waals surface area contributed by atoms with Crippen LogP contribution in [0.25, 0.3) is 0 Å². The van der Waals surface area contributed by atoms with E-state index in [1.165, 1.54) is 6.92 Å². The Labute approximate surface area is 127 Å². The Kier molecular flexibility index (Phi) is 4.56. The summed E-state index contributed by atoms with van der Waals surface area (Å²) in [6, 6.07) is 3.09. The summed E-state index contributed by atoms with van der Waals surface area (Å²) in [5.41, 5.74) is -2.20. The molecule has 22 heavy (non-hydrogen) atoms. The molecule has 1 aliphatic rings. The van der Waals surface area contributed by atoms with Crippen molar-refractivity contribution in [3.05, 3.63) is 29.8 Å². The first-order chi connectivity index (χ1) is 10.0. The molecule has 0 aromatic heterocycles. The summed E-state index contributed by atoms with van der Waals surface area (Å²) < 4.78 is 66.7. The van der Waals surface area contributed by atoms with Crippen molar-refractivity contribution in [3.8, 4) is 0 Å². The quantitative estimate of drug-likeness (QED) is 0.860. The Hall–Kier alpha value is -1.12. The van der Waals surface area contributed by atoms with E-state index >= 15 is 0 Å². The summed E-state index contributed by atoms with van der Waals surface area (Å²) in [6.07, 6.45) is -3.13. The zero-order valence-electron chi connectivity index (χ0n) is 11.9. The van der Waals surface area contributed by atoms with Gasteiger partial charge in [0.15, 0.2) is 0 Å². The molecular weight excluding hydrogens is 321 g/mol. The molecule has 0 saturated heterocycles. The number of benzene rings is 1. The molecule has 0 spiro atoms. The SMILES string of the molecule is C[C@@]1(O)CCCC[C@@H]1OS(=O)(=O)c1ccc(C(F)(F)F)cc1. The van der Waals surface area contributed by atoms with Crippen LogP contribution in [-0.4, -0.2) is 25.2 Å². The van der Waals surface area contributed by atoms with Crippen molar-refractivity contribution < 1.29 is 30.9 Å². The minimum Gasteiger partial charge on any atom is -0.387 e. The van der Waals surface area contributed by atoms with Crippen LogP contribution in [0.3, 0.4) is 0 Å². The number of rotatable bonds is 3. The predicted octanol–water partition coefficient (Wildman–Crippen LogP) is 3.10. The van der Waals surface area contributed by atoms with Gasteiger partial charge in [0.2, 0.25) is 0 Å². The highest BCUT2D eigenvalue weighted by atomic mass is 32.2. The van der Waals surface area contributed by atoms with Gasteiger partial charge in [-0.25, -0.2) is 0 Å². The van der Waals surface area contributed by atoms with Gasteiger partial charge >= 0.3 is 6.18 Å². The molecule has 0 heterocycles. The van der Waals surface area contributed by atoms with Gasteiger partial charge in [-0.05, 0) is 44.0 Å². The molecule has 124 valence electrons. The summed E-state index contributed by atoms with van der Waals surface area (Å²) in [6.45, 7) is 1.50. The van der Waals surface area contributed by atoms with Crippen LogP contribution in [0.2, 0.25) is 0 Å². The third-order valence-electron chi connectivity index (χ3n) is 3.81. The molecule has 1 aromatic rings. The molecule has 0 unspecified atom stereocenters. The van der Waals surface area contributed by atoms with E-state index in [0.717, 1.165) is 25.0 Å². The van der Waals surface area contributed by atoms with Crippen LogP contribution in [0.1, 0.15) is 38.2 Å². The van der Waals surface area contributed by atoms with Crippen LogP contribution in [0.15, 0.2) is 29.2 Å². The maximum atomic E-state index is 12.5. The summed E-state index contributed by atoms with van der Waals surface area (Å²) in [7, 11) is -4.22. The Bertz CT molecular complexity index is 620. The minimum absolute atomic E-state index is 0.359. The molecule has 0 radical (unpaired) electrons. The lowest BCUT2D eigenvalue weighted by atomic mass is 9.84. The molecule has 2 rings (SSSR count). The van der Waals surface area contributed by atoms with E-state index in [0.29, 0.717) is 25.0 Å². The van der Waals surface area contributed by atoms with Crippen molar-refractivity contribution >= 4 is 10.1 Å². The van der Waals surface area contributed by atoms with Gasteiger partial charge in [-0.2, -0.15) is 21.6 Å². The highest BCUT2D eigenvalue weighted by Gasteiger charge is 2.39. The molecule has 0 aliphatic heterocycles. The van der Waals surface area contributed by atoms with Gasteiger partial charge < -0.3 is 5.11 Å². The third kappa shape index (κ3) is 3.80. The lowest BCUT2D eigenvalue weighted by Crippen LogP contribution is -2.44. The molecule has 8 heteroatoms. The zero-order chi connectivity index (χ0) is 16.6. The first kappa shape index (κ1) is 17.2. The summed E-state index contributed by atoms with van der Waals surface area (Å²) in [5, 5.41) is 10.2. The van der Waals surface area contributed by atoms with Crippen molar-refractivity contribution in [3.63, 3.8) is 0 Å². The first-order valence-corrected chi connectivity index (χ1v) is 8.26. The van der Waals surface area contributed by atoms with E-state index in [-0.39, 0.29) is 4.90 Å². The molecule has 1 aromatic carbocycles. The van der Waals surface area contributed by atoms with E-state index in [1.807, 2.05) is 0 Å². The highest BCUT2D eigenvalue weighted by molar-refractivity contribution is 7.86. The number of aliphatic hydroxyl groups is 1. The molecule has 0 bridgehead atoms. The summed E-state index contributed by atoms with van der Waals surface area (Å²) in [4.78, 5) is -0.359. The van der Waals surface area contributed by atoms with Gasteiger partial charge in [-0.3, -0.25) is 4.18 Å². The van der Waals surface area contributed by atoms with Crippen molar-refractivity contribution in [2.75, 3.05) is 0 Å². The monoisotopic (exact) mass is 338 g/mol. The Balaban J connectivity index is 2.20. The van der Waals surface area contributed by atoms with Crippen molar-refractivity contribution in [2.45, 2.75) is 55.4 Å². The fraction of sp³-hybridized carbons (Fsp3) is 0.571. The Morgan fingerprint density at radius 1 is 1.23 bits per heavy atom.